The topological polar surface area (TPSA) is 62.4 Å². The van der Waals surface area contributed by atoms with Crippen LogP contribution in [-0.4, -0.2) is 13.7 Å². The highest BCUT2D eigenvalue weighted by atomic mass is 15.0. The van der Waals surface area contributed by atoms with E-state index in [1.54, 1.807) is 0 Å². The molecule has 3 heterocycles. The Morgan fingerprint density at radius 3 is 1.20 bits per heavy atom. The Balaban J connectivity index is 1.36. The third-order valence-corrected chi connectivity index (χ3v) is 9.88. The zero-order valence-corrected chi connectivity index (χ0v) is 26.2. The third kappa shape index (κ3) is 3.73. The molecule has 0 unspecified atom stereocenters. The van der Waals surface area contributed by atoms with Gasteiger partial charge in [-0.2, -0.15) is 10.5 Å². The molecule has 0 aliphatic rings. The molecule has 10 aromatic rings. The Bertz CT molecular complexity index is 3020. The average Bonchev–Trinajstić information content (AvgIpc) is 3.79. The Kier molecular flexibility index (Phi) is 5.64. The van der Waals surface area contributed by atoms with E-state index < -0.39 is 0 Å². The second-order valence-electron chi connectivity index (χ2n) is 12.4. The van der Waals surface area contributed by atoms with Gasteiger partial charge in [0, 0.05) is 38.0 Å². The third-order valence-electron chi connectivity index (χ3n) is 9.88. The first kappa shape index (κ1) is 27.1. The van der Waals surface area contributed by atoms with Crippen molar-refractivity contribution in [1.82, 2.24) is 13.7 Å². The number of para-hydroxylation sites is 5. The van der Waals surface area contributed by atoms with Crippen molar-refractivity contribution < 1.29 is 0 Å². The predicted octanol–water partition coefficient (Wildman–Crippen LogP) is 10.7. The van der Waals surface area contributed by atoms with Crippen LogP contribution in [0.1, 0.15) is 11.1 Å². The van der Waals surface area contributed by atoms with E-state index in [2.05, 4.69) is 129 Å². The van der Waals surface area contributed by atoms with Crippen LogP contribution >= 0.6 is 0 Å². The molecule has 0 radical (unpaired) electrons. The first-order valence-corrected chi connectivity index (χ1v) is 16.2. The fourth-order valence-corrected chi connectivity index (χ4v) is 7.87. The summed E-state index contributed by atoms with van der Waals surface area (Å²) in [6, 6.07) is 57.0. The summed E-state index contributed by atoms with van der Waals surface area (Å²) in [5.74, 6) is 0. The largest absolute Gasteiger partial charge is 0.309 e. The fourth-order valence-electron chi connectivity index (χ4n) is 7.87. The number of nitrogens with zero attached hydrogens (tertiary/aromatic N) is 5. The van der Waals surface area contributed by atoms with E-state index in [-0.39, 0.29) is 0 Å². The SMILES string of the molecule is N#Cc1cc(-n2c3ccccc3c3ccccc32)c(C#N)c(-n2c3ccccc3c3cc4c(cc32)c2ccccc2n4-c2ccccc2)c1. The molecule has 0 bridgehead atoms. The molecule has 0 fully saturated rings. The maximum Gasteiger partial charge on any atom is 0.104 e. The summed E-state index contributed by atoms with van der Waals surface area (Å²) in [5.41, 5.74) is 9.60. The van der Waals surface area contributed by atoms with E-state index in [9.17, 15) is 10.5 Å². The molecular weight excluding hydrogens is 599 g/mol. The second kappa shape index (κ2) is 10.2. The lowest BCUT2D eigenvalue weighted by molar-refractivity contribution is 1.11. The molecule has 0 spiro atoms. The predicted molar refractivity (Wildman–Crippen MR) is 199 cm³/mol. The highest BCUT2D eigenvalue weighted by Crippen LogP contribution is 2.41. The molecule has 7 aromatic carbocycles. The summed E-state index contributed by atoms with van der Waals surface area (Å²) in [4.78, 5) is 0. The quantitative estimate of drug-likeness (QED) is 0.197. The van der Waals surface area contributed by atoms with Crippen LogP contribution in [-0.2, 0) is 0 Å². The van der Waals surface area contributed by atoms with E-state index >= 15 is 0 Å². The number of hydrogen-bond donors (Lipinski definition) is 0. The molecule has 0 aliphatic heterocycles. The van der Waals surface area contributed by atoms with Gasteiger partial charge in [-0.3, -0.25) is 0 Å². The Labute approximate surface area is 280 Å². The van der Waals surface area contributed by atoms with Gasteiger partial charge < -0.3 is 13.7 Å². The average molecular weight is 624 g/mol. The van der Waals surface area contributed by atoms with Crippen LogP contribution in [0.3, 0.4) is 0 Å². The van der Waals surface area contributed by atoms with Gasteiger partial charge in [0.05, 0.1) is 56.1 Å². The standard InChI is InChI=1S/C44H25N5/c45-26-28-22-41(48-38-19-9-4-14-30(38)31-15-5-10-20-39(31)48)36(27-46)42(23-28)49-40-21-11-7-17-33(40)35-24-43-34(25-44(35)49)32-16-6-8-18-37(32)47(43)29-12-2-1-3-13-29/h1-25H. The molecule has 10 rings (SSSR count). The molecule has 0 saturated carbocycles. The van der Waals surface area contributed by atoms with E-state index in [0.29, 0.717) is 22.5 Å². The van der Waals surface area contributed by atoms with Crippen LogP contribution in [0, 0.1) is 22.7 Å². The van der Waals surface area contributed by atoms with Gasteiger partial charge in [0.15, 0.2) is 0 Å². The minimum atomic E-state index is 0.485. The first-order chi connectivity index (χ1) is 24.2. The van der Waals surface area contributed by atoms with Crippen LogP contribution in [0.25, 0.3) is 82.5 Å². The zero-order chi connectivity index (χ0) is 32.6. The Hall–Kier alpha value is -7.08. The Morgan fingerprint density at radius 1 is 0.347 bits per heavy atom. The summed E-state index contributed by atoms with van der Waals surface area (Å²) >= 11 is 0. The number of aromatic nitrogens is 3. The lowest BCUT2D eigenvalue weighted by Gasteiger charge is -2.16. The number of rotatable bonds is 3. The van der Waals surface area contributed by atoms with Crippen molar-refractivity contribution >= 4 is 65.4 Å². The summed E-state index contributed by atoms with van der Waals surface area (Å²) in [5, 5.41) is 28.1. The minimum absolute atomic E-state index is 0.485. The molecule has 5 heteroatoms. The van der Waals surface area contributed by atoms with Crippen LogP contribution in [0.4, 0.5) is 0 Å². The van der Waals surface area contributed by atoms with Crippen molar-refractivity contribution in [2.24, 2.45) is 0 Å². The number of hydrogen-bond acceptors (Lipinski definition) is 2. The molecule has 226 valence electrons. The van der Waals surface area contributed by atoms with E-state index in [1.807, 2.05) is 48.5 Å². The molecule has 0 N–H and O–H groups in total. The lowest BCUT2D eigenvalue weighted by Crippen LogP contribution is -2.05. The maximum atomic E-state index is 11.0. The van der Waals surface area contributed by atoms with Crippen molar-refractivity contribution in [2.45, 2.75) is 0 Å². The highest BCUT2D eigenvalue weighted by Gasteiger charge is 2.23. The van der Waals surface area contributed by atoms with Gasteiger partial charge in [-0.15, -0.1) is 0 Å². The van der Waals surface area contributed by atoms with Crippen LogP contribution in [0.2, 0.25) is 0 Å². The molecule has 0 atom stereocenters. The molecule has 3 aromatic heterocycles. The lowest BCUT2D eigenvalue weighted by atomic mass is 10.1. The summed E-state index contributed by atoms with van der Waals surface area (Å²) in [7, 11) is 0. The van der Waals surface area contributed by atoms with Crippen molar-refractivity contribution in [3.05, 3.63) is 163 Å². The number of nitriles is 2. The molecule has 0 aliphatic carbocycles. The van der Waals surface area contributed by atoms with Gasteiger partial charge in [-0.1, -0.05) is 91.0 Å². The Morgan fingerprint density at radius 2 is 0.735 bits per heavy atom. The summed E-state index contributed by atoms with van der Waals surface area (Å²) in [6.07, 6.45) is 0. The van der Waals surface area contributed by atoms with Crippen molar-refractivity contribution in [3.63, 3.8) is 0 Å². The van der Waals surface area contributed by atoms with Crippen LogP contribution in [0.15, 0.2) is 152 Å². The van der Waals surface area contributed by atoms with Crippen molar-refractivity contribution in [2.75, 3.05) is 0 Å². The van der Waals surface area contributed by atoms with Gasteiger partial charge in [-0.05, 0) is 60.7 Å². The molecular formula is C44H25N5. The first-order valence-electron chi connectivity index (χ1n) is 16.2. The fraction of sp³-hybridized carbons (Fsp3) is 0. The van der Waals surface area contributed by atoms with Gasteiger partial charge in [0.1, 0.15) is 11.6 Å². The molecule has 0 amide bonds. The van der Waals surface area contributed by atoms with Crippen LogP contribution < -0.4 is 0 Å². The van der Waals surface area contributed by atoms with Crippen LogP contribution in [0.5, 0.6) is 0 Å². The smallest absolute Gasteiger partial charge is 0.104 e. The van der Waals surface area contributed by atoms with Gasteiger partial charge in [0.2, 0.25) is 0 Å². The van der Waals surface area contributed by atoms with E-state index in [1.165, 1.54) is 0 Å². The van der Waals surface area contributed by atoms with Crippen molar-refractivity contribution in [1.29, 1.82) is 10.5 Å². The maximum absolute atomic E-state index is 11.0. The highest BCUT2D eigenvalue weighted by molar-refractivity contribution is 6.19. The second-order valence-corrected chi connectivity index (χ2v) is 12.4. The number of benzene rings is 7. The number of fused-ring (bicyclic) bond motifs is 9. The van der Waals surface area contributed by atoms with E-state index in [4.69, 9.17) is 0 Å². The van der Waals surface area contributed by atoms with Crippen molar-refractivity contribution in [3.8, 4) is 29.2 Å². The molecule has 5 nitrogen and oxygen atoms in total. The minimum Gasteiger partial charge on any atom is -0.309 e. The molecule has 49 heavy (non-hydrogen) atoms. The normalized spacial score (nSPS) is 11.6. The van der Waals surface area contributed by atoms with Gasteiger partial charge >= 0.3 is 0 Å². The molecule has 0 saturated heterocycles. The van der Waals surface area contributed by atoms with E-state index in [0.717, 1.165) is 71.1 Å². The monoisotopic (exact) mass is 623 g/mol. The van der Waals surface area contributed by atoms with Gasteiger partial charge in [-0.25, -0.2) is 0 Å². The van der Waals surface area contributed by atoms with Gasteiger partial charge in [0.25, 0.3) is 0 Å². The summed E-state index contributed by atoms with van der Waals surface area (Å²) < 4.78 is 6.64. The zero-order valence-electron chi connectivity index (χ0n) is 26.2. The summed E-state index contributed by atoms with van der Waals surface area (Å²) in [6.45, 7) is 0.